The molecule has 0 saturated heterocycles. The summed E-state index contributed by atoms with van der Waals surface area (Å²) < 4.78 is 0. The van der Waals surface area contributed by atoms with Crippen LogP contribution in [0.3, 0.4) is 0 Å². The van der Waals surface area contributed by atoms with Gasteiger partial charge in [0.05, 0.1) is 0 Å². The number of aromatic hydroxyl groups is 1. The van der Waals surface area contributed by atoms with E-state index in [2.05, 4.69) is 15.0 Å². The van der Waals surface area contributed by atoms with Gasteiger partial charge >= 0.3 is 0 Å². The molecule has 0 amide bonds. The van der Waals surface area contributed by atoms with Gasteiger partial charge in [-0.15, -0.1) is 0 Å². The second kappa shape index (κ2) is 5.05. The molecule has 3 aromatic rings. The minimum absolute atomic E-state index is 0.178. The molecule has 0 radical (unpaired) electrons. The summed E-state index contributed by atoms with van der Waals surface area (Å²) in [6.07, 6.45) is 4.15. The number of nitrogens with one attached hydrogen (secondary N) is 2. The molecule has 0 bridgehead atoms. The van der Waals surface area contributed by atoms with Gasteiger partial charge in [-0.1, -0.05) is 30.0 Å². The van der Waals surface area contributed by atoms with Crippen LogP contribution in [0.25, 0.3) is 11.0 Å². The van der Waals surface area contributed by atoms with Crippen LogP contribution in [0, 0.1) is 0 Å². The lowest BCUT2D eigenvalue weighted by Crippen LogP contribution is -2.09. The Balaban J connectivity index is 2.11. The smallest absolute Gasteiger partial charge is 0.275 e. The number of fused-ring (bicyclic) bond motifs is 1. The van der Waals surface area contributed by atoms with Crippen molar-refractivity contribution >= 4 is 22.8 Å². The second-order valence-corrected chi connectivity index (χ2v) is 5.21. The minimum Gasteiger partial charge on any atom is -0.508 e. The fraction of sp³-hybridized carbons (Fsp3) is 0.143. The summed E-state index contributed by atoms with van der Waals surface area (Å²) in [6.45, 7) is 0. The number of H-pyrrole nitrogens is 2. The van der Waals surface area contributed by atoms with Crippen LogP contribution in [0.5, 0.6) is 5.75 Å². The maximum Gasteiger partial charge on any atom is 0.275 e. The Morgan fingerprint density at radius 1 is 1.30 bits per heavy atom. The Hall–Kier alpha value is -2.21. The van der Waals surface area contributed by atoms with Gasteiger partial charge in [0.25, 0.3) is 5.56 Å². The molecule has 0 aliphatic rings. The number of hydrogen-bond acceptors (Lipinski definition) is 4. The molecule has 0 saturated carbocycles. The van der Waals surface area contributed by atoms with Crippen molar-refractivity contribution in [2.45, 2.75) is 11.6 Å². The highest BCUT2D eigenvalue weighted by molar-refractivity contribution is 7.98. The van der Waals surface area contributed by atoms with Crippen LogP contribution in [0.15, 0.2) is 40.4 Å². The highest BCUT2D eigenvalue weighted by Gasteiger charge is 2.12. The number of benzene rings is 1. The number of aromatic nitrogens is 3. The summed E-state index contributed by atoms with van der Waals surface area (Å²) in [5.74, 6) is 0.247. The first kappa shape index (κ1) is 12.8. The molecule has 3 N–H and O–H groups in total. The number of para-hydroxylation sites is 1. The van der Waals surface area contributed by atoms with Crippen molar-refractivity contribution in [2.75, 3.05) is 6.26 Å². The van der Waals surface area contributed by atoms with Crippen LogP contribution >= 0.6 is 11.8 Å². The van der Waals surface area contributed by atoms with Gasteiger partial charge in [0.2, 0.25) is 0 Å². The van der Waals surface area contributed by atoms with Gasteiger partial charge in [-0.3, -0.25) is 9.78 Å². The first-order valence-electron chi connectivity index (χ1n) is 6.10. The van der Waals surface area contributed by atoms with Crippen molar-refractivity contribution in [3.8, 4) is 5.75 Å². The van der Waals surface area contributed by atoms with Crippen LogP contribution < -0.4 is 5.56 Å². The lowest BCUT2D eigenvalue weighted by Gasteiger charge is -2.03. The van der Waals surface area contributed by atoms with Crippen LogP contribution in [-0.4, -0.2) is 26.3 Å². The summed E-state index contributed by atoms with van der Waals surface area (Å²) in [7, 11) is 0. The van der Waals surface area contributed by atoms with Gasteiger partial charge in [-0.2, -0.15) is 0 Å². The molecule has 2 aromatic heterocycles. The van der Waals surface area contributed by atoms with E-state index in [4.69, 9.17) is 0 Å². The lowest BCUT2D eigenvalue weighted by molar-refractivity contribution is 0.469. The van der Waals surface area contributed by atoms with Crippen molar-refractivity contribution in [3.63, 3.8) is 0 Å². The number of hydrogen-bond donors (Lipinski definition) is 3. The van der Waals surface area contributed by atoms with Gasteiger partial charge < -0.3 is 10.1 Å². The van der Waals surface area contributed by atoms with E-state index >= 15 is 0 Å². The number of aromatic amines is 2. The summed E-state index contributed by atoms with van der Waals surface area (Å²) in [6, 6.07) is 7.16. The van der Waals surface area contributed by atoms with Crippen LogP contribution in [0.4, 0.5) is 0 Å². The third-order valence-electron chi connectivity index (χ3n) is 3.16. The van der Waals surface area contributed by atoms with E-state index in [0.29, 0.717) is 22.6 Å². The van der Waals surface area contributed by atoms with Gasteiger partial charge in [0, 0.05) is 18.2 Å². The van der Waals surface area contributed by atoms with E-state index in [9.17, 15) is 9.90 Å². The molecule has 6 heteroatoms. The Morgan fingerprint density at radius 3 is 2.85 bits per heavy atom. The topological polar surface area (TPSA) is 81.8 Å². The normalized spacial score (nSPS) is 11.1. The Bertz CT molecular complexity index is 823. The molecule has 0 spiro atoms. The molecule has 1 aromatic carbocycles. The quantitative estimate of drug-likeness (QED) is 0.510. The van der Waals surface area contributed by atoms with Crippen LogP contribution in [0.2, 0.25) is 0 Å². The molecule has 20 heavy (non-hydrogen) atoms. The largest absolute Gasteiger partial charge is 0.508 e. The molecule has 0 aliphatic carbocycles. The number of thioether (sulfide) groups is 1. The van der Waals surface area contributed by atoms with Gasteiger partial charge in [-0.05, 0) is 17.9 Å². The molecular formula is C14H13N3O2S. The SMILES string of the molecule is CSc1nc2c(Cc3ccccc3O)c[nH]c2c(=O)[nH]1. The van der Waals surface area contributed by atoms with E-state index in [0.717, 1.165) is 11.1 Å². The van der Waals surface area contributed by atoms with Gasteiger partial charge in [-0.25, -0.2) is 4.98 Å². The standard InChI is InChI=1S/C14H13N3O2S/c1-20-14-16-11-9(7-15-12(11)13(19)17-14)6-8-4-2-3-5-10(8)18/h2-5,7,15,18H,6H2,1H3,(H,16,17,19). The molecule has 2 heterocycles. The van der Waals surface area contributed by atoms with E-state index in [1.165, 1.54) is 11.8 Å². The van der Waals surface area contributed by atoms with Crippen molar-refractivity contribution in [3.05, 3.63) is 51.9 Å². The molecule has 5 nitrogen and oxygen atoms in total. The molecule has 0 aliphatic heterocycles. The van der Waals surface area contributed by atoms with Crippen molar-refractivity contribution in [2.24, 2.45) is 0 Å². The van der Waals surface area contributed by atoms with Crippen molar-refractivity contribution < 1.29 is 5.11 Å². The zero-order valence-corrected chi connectivity index (χ0v) is 11.6. The first-order valence-corrected chi connectivity index (χ1v) is 7.32. The number of rotatable bonds is 3. The number of phenols is 1. The third-order valence-corrected chi connectivity index (χ3v) is 3.74. The van der Waals surface area contributed by atoms with E-state index in [1.54, 1.807) is 18.3 Å². The fourth-order valence-corrected chi connectivity index (χ4v) is 2.52. The first-order chi connectivity index (χ1) is 9.69. The number of nitrogens with zero attached hydrogens (tertiary/aromatic N) is 1. The lowest BCUT2D eigenvalue weighted by atomic mass is 10.1. The van der Waals surface area contributed by atoms with Crippen molar-refractivity contribution in [1.29, 1.82) is 0 Å². The van der Waals surface area contributed by atoms with E-state index in [1.807, 2.05) is 18.4 Å². The maximum absolute atomic E-state index is 11.9. The molecule has 102 valence electrons. The zero-order chi connectivity index (χ0) is 14.1. The van der Waals surface area contributed by atoms with Gasteiger partial charge in [0.15, 0.2) is 5.16 Å². The van der Waals surface area contributed by atoms with E-state index in [-0.39, 0.29) is 11.3 Å². The number of phenolic OH excluding ortho intramolecular Hbond substituents is 1. The molecule has 0 unspecified atom stereocenters. The minimum atomic E-state index is -0.178. The molecular weight excluding hydrogens is 274 g/mol. The highest BCUT2D eigenvalue weighted by atomic mass is 32.2. The fourth-order valence-electron chi connectivity index (χ4n) is 2.14. The Morgan fingerprint density at radius 2 is 2.10 bits per heavy atom. The molecule has 0 fully saturated rings. The van der Waals surface area contributed by atoms with Crippen molar-refractivity contribution in [1.82, 2.24) is 15.0 Å². The average Bonchev–Trinajstić information content (AvgIpc) is 2.85. The average molecular weight is 287 g/mol. The van der Waals surface area contributed by atoms with Crippen LogP contribution in [0.1, 0.15) is 11.1 Å². The summed E-state index contributed by atoms with van der Waals surface area (Å²) >= 11 is 1.39. The summed E-state index contributed by atoms with van der Waals surface area (Å²) in [5.41, 5.74) is 2.64. The van der Waals surface area contributed by atoms with Gasteiger partial charge in [0.1, 0.15) is 16.8 Å². The maximum atomic E-state index is 11.9. The third kappa shape index (κ3) is 2.18. The molecule has 0 atom stereocenters. The summed E-state index contributed by atoms with van der Waals surface area (Å²) in [4.78, 5) is 22.0. The van der Waals surface area contributed by atoms with E-state index < -0.39 is 0 Å². The Kier molecular flexibility index (Phi) is 3.23. The predicted molar refractivity (Wildman–Crippen MR) is 79.4 cm³/mol. The monoisotopic (exact) mass is 287 g/mol. The highest BCUT2D eigenvalue weighted by Crippen LogP contribution is 2.23. The predicted octanol–water partition coefficient (Wildman–Crippen LogP) is 2.27. The second-order valence-electron chi connectivity index (χ2n) is 4.42. The molecule has 3 rings (SSSR count). The summed E-state index contributed by atoms with van der Waals surface area (Å²) in [5, 5.41) is 10.4. The Labute approximate surface area is 119 Å². The van der Waals surface area contributed by atoms with Crippen LogP contribution in [-0.2, 0) is 6.42 Å². The zero-order valence-electron chi connectivity index (χ0n) is 10.8.